The van der Waals surface area contributed by atoms with Crippen LogP contribution in [0, 0.1) is 0 Å². The average Bonchev–Trinajstić information content (AvgIpc) is 4.11. The normalized spacial score (nSPS) is 12.7. The Morgan fingerprint density at radius 3 is 1.46 bits per heavy atom. The Morgan fingerprint density at radius 2 is 0.771 bits per heavy atom. The van der Waals surface area contributed by atoms with Crippen molar-refractivity contribution in [2.75, 3.05) is 4.90 Å². The fourth-order valence-electron chi connectivity index (χ4n) is 11.4. The van der Waals surface area contributed by atoms with Gasteiger partial charge in [0, 0.05) is 44.0 Å². The summed E-state index contributed by atoms with van der Waals surface area (Å²) in [4.78, 5) is 2.44. The van der Waals surface area contributed by atoms with Crippen LogP contribution in [-0.4, -0.2) is 0 Å². The Balaban J connectivity index is 0.903. The lowest BCUT2D eigenvalue weighted by Crippen LogP contribution is -2.28. The summed E-state index contributed by atoms with van der Waals surface area (Å²) < 4.78 is 12.6. The minimum absolute atomic E-state index is 0.526. The van der Waals surface area contributed by atoms with Crippen LogP contribution in [0.5, 0.6) is 0 Å². The molecule has 0 spiro atoms. The highest BCUT2D eigenvalue weighted by molar-refractivity contribution is 6.10. The zero-order valence-electron chi connectivity index (χ0n) is 38.1. The second-order valence-electron chi connectivity index (χ2n) is 18.3. The Bertz CT molecular complexity index is 4050. The third-order valence-electron chi connectivity index (χ3n) is 14.6. The van der Waals surface area contributed by atoms with Gasteiger partial charge in [0.15, 0.2) is 0 Å². The molecule has 3 heteroatoms. The summed E-state index contributed by atoms with van der Waals surface area (Å²) in [7, 11) is 0. The number of hydrogen-bond acceptors (Lipinski definition) is 3. The molecule has 0 saturated carbocycles. The van der Waals surface area contributed by atoms with Crippen LogP contribution in [0.2, 0.25) is 0 Å². The minimum atomic E-state index is -0.526. The highest BCUT2D eigenvalue weighted by Crippen LogP contribution is 2.59. The molecule has 0 radical (unpaired) electrons. The summed E-state index contributed by atoms with van der Waals surface area (Å²) in [5.74, 6) is 0. The van der Waals surface area contributed by atoms with Crippen molar-refractivity contribution >= 4 is 60.9 Å². The molecule has 1 aliphatic rings. The van der Waals surface area contributed by atoms with E-state index in [9.17, 15) is 0 Å². The summed E-state index contributed by atoms with van der Waals surface area (Å²) >= 11 is 0. The first-order chi connectivity index (χ1) is 34.7. The third-order valence-corrected chi connectivity index (χ3v) is 14.6. The van der Waals surface area contributed by atoms with Gasteiger partial charge >= 0.3 is 0 Å². The lowest BCUT2D eigenvalue weighted by molar-refractivity contribution is 0.669. The third kappa shape index (κ3) is 6.15. The topological polar surface area (TPSA) is 29.5 Å². The van der Waals surface area contributed by atoms with Gasteiger partial charge in [-0.2, -0.15) is 0 Å². The van der Waals surface area contributed by atoms with Crippen molar-refractivity contribution in [3.8, 4) is 44.5 Å². The molecule has 2 heterocycles. The highest BCUT2D eigenvalue weighted by Gasteiger charge is 2.47. The zero-order valence-corrected chi connectivity index (χ0v) is 38.1. The standard InChI is InChI=1S/C67H43NO2/c1-3-15-49(16-4-1)67(50-17-5-2-6-18-50)59-24-10-7-21-57(59)65-60(67)25-14-26-61(65)68(52-40-35-46(36-41-52)48-37-42-64-58(43-48)55-20-9-11-27-62(55)69-64)51-38-33-45(34-39-51)44-29-31-47(32-30-44)53-22-13-23-56-54-19-8-12-28-63(54)70-66(53)56/h1-43H. The van der Waals surface area contributed by atoms with E-state index < -0.39 is 5.41 Å². The van der Waals surface area contributed by atoms with Crippen LogP contribution in [0.1, 0.15) is 22.3 Å². The Labute approximate surface area is 405 Å². The van der Waals surface area contributed by atoms with Crippen molar-refractivity contribution in [1.82, 2.24) is 0 Å². The van der Waals surface area contributed by atoms with Gasteiger partial charge in [-0.05, 0) is 110 Å². The molecule has 0 aliphatic heterocycles. The first-order valence-electron chi connectivity index (χ1n) is 24.0. The van der Waals surface area contributed by atoms with Gasteiger partial charge in [-0.3, -0.25) is 0 Å². The lowest BCUT2D eigenvalue weighted by atomic mass is 9.68. The van der Waals surface area contributed by atoms with Crippen LogP contribution in [0.25, 0.3) is 88.4 Å². The van der Waals surface area contributed by atoms with E-state index in [0.29, 0.717) is 0 Å². The second-order valence-corrected chi connectivity index (χ2v) is 18.3. The molecule has 0 unspecified atom stereocenters. The van der Waals surface area contributed by atoms with Crippen LogP contribution >= 0.6 is 0 Å². The Kier molecular flexibility index (Phi) is 9.11. The van der Waals surface area contributed by atoms with Gasteiger partial charge in [-0.1, -0.05) is 206 Å². The number of anilines is 3. The van der Waals surface area contributed by atoms with E-state index in [1.807, 2.05) is 24.3 Å². The molecule has 1 aliphatic carbocycles. The predicted octanol–water partition coefficient (Wildman–Crippen LogP) is 18.3. The monoisotopic (exact) mass is 893 g/mol. The molecule has 3 nitrogen and oxygen atoms in total. The molecule has 2 aromatic heterocycles. The summed E-state index contributed by atoms with van der Waals surface area (Å²) in [6.07, 6.45) is 0. The van der Waals surface area contributed by atoms with Gasteiger partial charge in [-0.15, -0.1) is 0 Å². The van der Waals surface area contributed by atoms with E-state index >= 15 is 0 Å². The first-order valence-corrected chi connectivity index (χ1v) is 24.0. The molecule has 0 atom stereocenters. The van der Waals surface area contributed by atoms with Gasteiger partial charge in [-0.25, -0.2) is 0 Å². The van der Waals surface area contributed by atoms with Gasteiger partial charge in [0.25, 0.3) is 0 Å². The van der Waals surface area contributed by atoms with Crippen molar-refractivity contribution in [3.63, 3.8) is 0 Å². The fraction of sp³-hybridized carbons (Fsp3) is 0.0149. The average molecular weight is 894 g/mol. The van der Waals surface area contributed by atoms with Gasteiger partial charge < -0.3 is 13.7 Å². The van der Waals surface area contributed by atoms with E-state index in [0.717, 1.165) is 94.3 Å². The molecule has 0 saturated heterocycles. The van der Waals surface area contributed by atoms with E-state index in [1.165, 1.54) is 33.4 Å². The van der Waals surface area contributed by atoms with Crippen LogP contribution in [0.3, 0.4) is 0 Å². The molecule has 70 heavy (non-hydrogen) atoms. The largest absolute Gasteiger partial charge is 0.456 e. The van der Waals surface area contributed by atoms with Crippen LogP contribution in [-0.2, 0) is 5.41 Å². The van der Waals surface area contributed by atoms with Crippen molar-refractivity contribution in [3.05, 3.63) is 283 Å². The molecular formula is C67H43NO2. The number of para-hydroxylation sites is 3. The van der Waals surface area contributed by atoms with Gasteiger partial charge in [0.1, 0.15) is 22.3 Å². The van der Waals surface area contributed by atoms with Crippen molar-refractivity contribution in [2.45, 2.75) is 5.41 Å². The number of hydrogen-bond donors (Lipinski definition) is 0. The van der Waals surface area contributed by atoms with Crippen molar-refractivity contribution in [2.24, 2.45) is 0 Å². The lowest BCUT2D eigenvalue weighted by Gasteiger charge is -2.34. The van der Waals surface area contributed by atoms with E-state index in [4.69, 9.17) is 8.83 Å². The maximum absolute atomic E-state index is 6.41. The van der Waals surface area contributed by atoms with Crippen molar-refractivity contribution < 1.29 is 8.83 Å². The number of furan rings is 2. The highest BCUT2D eigenvalue weighted by atomic mass is 16.3. The number of nitrogens with zero attached hydrogens (tertiary/aromatic N) is 1. The molecule has 0 amide bonds. The minimum Gasteiger partial charge on any atom is -0.456 e. The maximum atomic E-state index is 6.41. The van der Waals surface area contributed by atoms with E-state index in [1.54, 1.807) is 0 Å². The van der Waals surface area contributed by atoms with Gasteiger partial charge in [0.05, 0.1) is 11.1 Å². The number of fused-ring (bicyclic) bond motifs is 9. The summed E-state index contributed by atoms with van der Waals surface area (Å²) in [6.45, 7) is 0. The molecule has 328 valence electrons. The maximum Gasteiger partial charge on any atom is 0.143 e. The van der Waals surface area contributed by atoms with Crippen LogP contribution in [0.15, 0.2) is 270 Å². The molecular weight excluding hydrogens is 851 g/mol. The second kappa shape index (κ2) is 16.0. The quantitative estimate of drug-likeness (QED) is 0.152. The van der Waals surface area contributed by atoms with Gasteiger partial charge in [0.2, 0.25) is 0 Å². The number of benzene rings is 11. The van der Waals surface area contributed by atoms with Crippen LogP contribution < -0.4 is 4.90 Å². The molecule has 14 rings (SSSR count). The smallest absolute Gasteiger partial charge is 0.143 e. The van der Waals surface area contributed by atoms with Crippen LogP contribution in [0.4, 0.5) is 17.1 Å². The van der Waals surface area contributed by atoms with E-state index in [-0.39, 0.29) is 0 Å². The molecule has 0 N–H and O–H groups in total. The Hall–Kier alpha value is -9.18. The molecule has 0 fully saturated rings. The first kappa shape index (κ1) is 39.9. The molecule has 13 aromatic rings. The van der Waals surface area contributed by atoms with Crippen molar-refractivity contribution in [1.29, 1.82) is 0 Å². The summed E-state index contributed by atoms with van der Waals surface area (Å²) in [5, 5.41) is 4.52. The number of rotatable bonds is 8. The summed E-state index contributed by atoms with van der Waals surface area (Å²) in [5.41, 5.74) is 20.6. The Morgan fingerprint density at radius 1 is 0.300 bits per heavy atom. The van der Waals surface area contributed by atoms with E-state index in [2.05, 4.69) is 241 Å². The zero-order chi connectivity index (χ0) is 46.2. The molecule has 0 bridgehead atoms. The molecule has 11 aromatic carbocycles. The predicted molar refractivity (Wildman–Crippen MR) is 289 cm³/mol. The fourth-order valence-corrected chi connectivity index (χ4v) is 11.4. The summed E-state index contributed by atoms with van der Waals surface area (Å²) in [6, 6.07) is 94.4. The SMILES string of the molecule is c1ccc(C2(c3ccccc3)c3ccccc3-c3c(N(c4ccc(-c5ccc(-c6cccc7c6oc6ccccc67)cc5)cc4)c4ccc(-c5ccc6oc7ccccc7c6c5)cc4)cccc32)cc1.